The van der Waals surface area contributed by atoms with Crippen LogP contribution in [-0.2, 0) is 10.5 Å². The molecule has 24 heavy (non-hydrogen) atoms. The number of anilines is 1. The molecule has 0 fully saturated rings. The molecule has 2 heterocycles. The molecule has 3 rings (SSSR count). The maximum atomic E-state index is 11.8. The van der Waals surface area contributed by atoms with Crippen LogP contribution in [0.3, 0.4) is 0 Å². The Morgan fingerprint density at radius 1 is 1.29 bits per heavy atom. The molecule has 2 aromatic heterocycles. The predicted octanol–water partition coefficient (Wildman–Crippen LogP) is 4.73. The van der Waals surface area contributed by atoms with E-state index in [9.17, 15) is 4.79 Å². The molecule has 1 aromatic carbocycles. The van der Waals surface area contributed by atoms with E-state index in [1.807, 2.05) is 24.3 Å². The molecule has 0 unspecified atom stereocenters. The molecular weight excluding hydrogens is 366 g/mol. The van der Waals surface area contributed by atoms with Crippen molar-refractivity contribution in [2.75, 3.05) is 5.32 Å². The van der Waals surface area contributed by atoms with Gasteiger partial charge in [-0.1, -0.05) is 52.9 Å². The van der Waals surface area contributed by atoms with Crippen LogP contribution >= 0.6 is 34.7 Å². The molecule has 1 amide bonds. The van der Waals surface area contributed by atoms with E-state index >= 15 is 0 Å². The minimum absolute atomic E-state index is 0.287. The molecule has 0 radical (unpaired) electrons. The zero-order valence-electron chi connectivity index (χ0n) is 12.3. The van der Waals surface area contributed by atoms with Gasteiger partial charge in [0, 0.05) is 16.9 Å². The molecule has 0 saturated heterocycles. The van der Waals surface area contributed by atoms with Gasteiger partial charge in [0.2, 0.25) is 11.0 Å². The summed E-state index contributed by atoms with van der Waals surface area (Å²) in [6.07, 6.45) is 4.52. The predicted molar refractivity (Wildman–Crippen MR) is 97.3 cm³/mol. The number of nitrogens with zero attached hydrogens (tertiary/aromatic N) is 2. The second-order valence-corrected chi connectivity index (χ2v) is 7.20. The number of hydrogen-bond donors (Lipinski definition) is 1. The summed E-state index contributed by atoms with van der Waals surface area (Å²) in [5.41, 5.74) is 1.03. The third kappa shape index (κ3) is 4.70. The minimum atomic E-state index is -0.287. The van der Waals surface area contributed by atoms with E-state index in [0.717, 1.165) is 14.9 Å². The quantitative estimate of drug-likeness (QED) is 0.382. The zero-order chi connectivity index (χ0) is 16.8. The van der Waals surface area contributed by atoms with Gasteiger partial charge in [-0.05, 0) is 29.8 Å². The van der Waals surface area contributed by atoms with E-state index < -0.39 is 0 Å². The summed E-state index contributed by atoms with van der Waals surface area (Å²) in [5, 5.41) is 11.9. The number of hydrogen-bond acceptors (Lipinski definition) is 6. The molecule has 1 N–H and O–H groups in total. The Morgan fingerprint density at radius 3 is 2.96 bits per heavy atom. The first-order chi connectivity index (χ1) is 11.7. The second kappa shape index (κ2) is 8.14. The summed E-state index contributed by atoms with van der Waals surface area (Å²) in [5.74, 6) is 1.02. The highest BCUT2D eigenvalue weighted by Gasteiger charge is 2.08. The van der Waals surface area contributed by atoms with Gasteiger partial charge in [-0.2, -0.15) is 0 Å². The summed E-state index contributed by atoms with van der Waals surface area (Å²) in [4.78, 5) is 11.8. The molecule has 0 aliphatic carbocycles. The molecule has 8 heteroatoms. The van der Waals surface area contributed by atoms with Crippen molar-refractivity contribution < 1.29 is 9.21 Å². The normalized spacial score (nSPS) is 11.0. The van der Waals surface area contributed by atoms with Crippen molar-refractivity contribution in [1.29, 1.82) is 0 Å². The largest absolute Gasteiger partial charge is 0.465 e. The standard InChI is InChI=1S/C16H12ClN3O2S2/c17-13-6-2-1-4-11(13)10-23-16-20-19-15(24-16)18-14(21)8-7-12-5-3-9-22-12/h1-9H,10H2,(H,18,19,21). The van der Waals surface area contributed by atoms with Gasteiger partial charge in [-0.3, -0.25) is 10.1 Å². The van der Waals surface area contributed by atoms with Crippen molar-refractivity contribution in [3.8, 4) is 0 Å². The lowest BCUT2D eigenvalue weighted by molar-refractivity contribution is -0.111. The van der Waals surface area contributed by atoms with Crippen LogP contribution in [0.15, 0.2) is 57.5 Å². The van der Waals surface area contributed by atoms with E-state index in [0.29, 0.717) is 16.6 Å². The van der Waals surface area contributed by atoms with E-state index in [1.54, 1.807) is 24.5 Å². The molecule has 0 aliphatic heterocycles. The van der Waals surface area contributed by atoms with Gasteiger partial charge in [-0.25, -0.2) is 0 Å². The lowest BCUT2D eigenvalue weighted by atomic mass is 10.2. The number of thioether (sulfide) groups is 1. The molecule has 0 bridgehead atoms. The number of furan rings is 1. The molecule has 0 atom stereocenters. The summed E-state index contributed by atoms with van der Waals surface area (Å²) in [6.45, 7) is 0. The molecule has 3 aromatic rings. The van der Waals surface area contributed by atoms with E-state index in [-0.39, 0.29) is 5.91 Å². The first-order valence-corrected chi connectivity index (χ1v) is 9.11. The van der Waals surface area contributed by atoms with Gasteiger partial charge < -0.3 is 4.42 Å². The van der Waals surface area contributed by atoms with Crippen molar-refractivity contribution in [2.24, 2.45) is 0 Å². The Labute approximate surface area is 151 Å². The van der Waals surface area contributed by atoms with Gasteiger partial charge in [0.15, 0.2) is 4.34 Å². The van der Waals surface area contributed by atoms with Gasteiger partial charge in [-0.15, -0.1) is 10.2 Å². The van der Waals surface area contributed by atoms with Crippen molar-refractivity contribution >= 4 is 51.8 Å². The van der Waals surface area contributed by atoms with Crippen molar-refractivity contribution in [3.63, 3.8) is 0 Å². The summed E-state index contributed by atoms with van der Waals surface area (Å²) in [7, 11) is 0. The fourth-order valence-corrected chi connectivity index (χ4v) is 3.81. The Kier molecular flexibility index (Phi) is 5.68. The summed E-state index contributed by atoms with van der Waals surface area (Å²) in [6, 6.07) is 11.2. The van der Waals surface area contributed by atoms with Gasteiger partial charge >= 0.3 is 0 Å². The third-order valence-corrected chi connectivity index (χ3v) is 5.28. The third-order valence-electron chi connectivity index (χ3n) is 2.89. The minimum Gasteiger partial charge on any atom is -0.465 e. The number of rotatable bonds is 6. The van der Waals surface area contributed by atoms with Crippen LogP contribution in [0.25, 0.3) is 6.08 Å². The highest BCUT2D eigenvalue weighted by atomic mass is 35.5. The van der Waals surface area contributed by atoms with Crippen molar-refractivity contribution in [1.82, 2.24) is 10.2 Å². The Hall–Kier alpha value is -2.09. The monoisotopic (exact) mass is 377 g/mol. The number of nitrogens with one attached hydrogen (secondary N) is 1. The SMILES string of the molecule is O=C(C=Cc1ccco1)Nc1nnc(SCc2ccccc2Cl)s1. The average Bonchev–Trinajstić information content (AvgIpc) is 3.24. The summed E-state index contributed by atoms with van der Waals surface area (Å²) < 4.78 is 5.88. The lowest BCUT2D eigenvalue weighted by Gasteiger charge is -2.00. The van der Waals surface area contributed by atoms with E-state index in [2.05, 4.69) is 15.5 Å². The van der Waals surface area contributed by atoms with Gasteiger partial charge in [0.05, 0.1) is 6.26 Å². The fraction of sp³-hybridized carbons (Fsp3) is 0.0625. The van der Waals surface area contributed by atoms with Crippen LogP contribution in [0, 0.1) is 0 Å². The molecule has 0 spiro atoms. The molecule has 122 valence electrons. The molecular formula is C16H12ClN3O2S2. The van der Waals surface area contributed by atoms with E-state index in [1.165, 1.54) is 29.2 Å². The maximum absolute atomic E-state index is 11.8. The van der Waals surface area contributed by atoms with Gasteiger partial charge in [0.1, 0.15) is 5.76 Å². The van der Waals surface area contributed by atoms with Crippen LogP contribution in [0.1, 0.15) is 11.3 Å². The van der Waals surface area contributed by atoms with Crippen LogP contribution in [0.2, 0.25) is 5.02 Å². The van der Waals surface area contributed by atoms with Crippen molar-refractivity contribution in [3.05, 3.63) is 65.1 Å². The van der Waals surface area contributed by atoms with Gasteiger partial charge in [0.25, 0.3) is 0 Å². The fourth-order valence-electron chi connectivity index (χ4n) is 1.76. The van der Waals surface area contributed by atoms with Crippen molar-refractivity contribution in [2.45, 2.75) is 10.1 Å². The van der Waals surface area contributed by atoms with Crippen LogP contribution < -0.4 is 5.32 Å². The molecule has 5 nitrogen and oxygen atoms in total. The average molecular weight is 378 g/mol. The smallest absolute Gasteiger partial charge is 0.250 e. The van der Waals surface area contributed by atoms with E-state index in [4.69, 9.17) is 16.0 Å². The zero-order valence-corrected chi connectivity index (χ0v) is 14.7. The highest BCUT2D eigenvalue weighted by Crippen LogP contribution is 2.30. The molecule has 0 aliphatic rings. The van der Waals surface area contributed by atoms with Crippen LogP contribution in [0.4, 0.5) is 5.13 Å². The Bertz CT molecular complexity index is 847. The first-order valence-electron chi connectivity index (χ1n) is 6.93. The Morgan fingerprint density at radius 2 is 2.17 bits per heavy atom. The number of amides is 1. The number of aromatic nitrogens is 2. The molecule has 0 saturated carbocycles. The second-order valence-electron chi connectivity index (χ2n) is 4.59. The number of benzene rings is 1. The summed E-state index contributed by atoms with van der Waals surface area (Å²) >= 11 is 8.96. The maximum Gasteiger partial charge on any atom is 0.250 e. The highest BCUT2D eigenvalue weighted by molar-refractivity contribution is 8.00. The number of halogens is 1. The first kappa shape index (κ1) is 16.8. The Balaban J connectivity index is 1.53. The topological polar surface area (TPSA) is 68.0 Å². The lowest BCUT2D eigenvalue weighted by Crippen LogP contribution is -2.07. The number of carbonyl (C=O) groups is 1. The number of carbonyl (C=O) groups excluding carboxylic acids is 1. The van der Waals surface area contributed by atoms with Crippen LogP contribution in [-0.4, -0.2) is 16.1 Å². The van der Waals surface area contributed by atoms with Crippen LogP contribution in [0.5, 0.6) is 0 Å².